The number of para-hydroxylation sites is 1. The van der Waals surface area contributed by atoms with Crippen LogP contribution in [-0.2, 0) is 13.2 Å². The second kappa shape index (κ2) is 6.78. The molecular weight excluding hydrogens is 264 g/mol. The highest BCUT2D eigenvalue weighted by atomic mass is 32.2. The molecule has 1 aromatic carbocycles. The fourth-order valence-electron chi connectivity index (χ4n) is 1.54. The van der Waals surface area contributed by atoms with Gasteiger partial charge in [-0.05, 0) is 25.4 Å². The van der Waals surface area contributed by atoms with E-state index in [0.29, 0.717) is 6.61 Å². The molecule has 1 heterocycles. The summed E-state index contributed by atoms with van der Waals surface area (Å²) in [7, 11) is 1.92. The third-order valence-corrected chi connectivity index (χ3v) is 4.05. The van der Waals surface area contributed by atoms with Crippen LogP contribution in [0.1, 0.15) is 10.7 Å². The van der Waals surface area contributed by atoms with Crippen LogP contribution < -0.4 is 10.1 Å². The van der Waals surface area contributed by atoms with Gasteiger partial charge in [0.1, 0.15) is 17.4 Å². The van der Waals surface area contributed by atoms with Gasteiger partial charge in [0.05, 0.1) is 5.69 Å². The fourth-order valence-corrected chi connectivity index (χ4v) is 2.87. The largest absolute Gasteiger partial charge is 0.486 e. The molecule has 2 aromatic rings. The zero-order valence-electron chi connectivity index (χ0n) is 10.5. The quantitative estimate of drug-likeness (QED) is 0.824. The minimum absolute atomic E-state index is 0.526. The van der Waals surface area contributed by atoms with E-state index in [9.17, 15) is 0 Å². The van der Waals surface area contributed by atoms with Crippen LogP contribution in [0.15, 0.2) is 34.5 Å². The van der Waals surface area contributed by atoms with Gasteiger partial charge in [0.2, 0.25) is 0 Å². The monoisotopic (exact) mass is 280 g/mol. The summed E-state index contributed by atoms with van der Waals surface area (Å²) in [6.45, 7) is 1.34. The predicted molar refractivity (Wildman–Crippen MR) is 77.4 cm³/mol. The number of rotatable bonds is 6. The van der Waals surface area contributed by atoms with Crippen LogP contribution in [0.2, 0.25) is 0 Å². The van der Waals surface area contributed by atoms with Crippen molar-refractivity contribution in [1.82, 2.24) is 10.3 Å². The summed E-state index contributed by atoms with van der Waals surface area (Å²) in [5.41, 5.74) is 0.987. The first-order valence-corrected chi connectivity index (χ1v) is 7.77. The number of nitrogens with one attached hydrogen (secondary N) is 1. The topological polar surface area (TPSA) is 34.2 Å². The van der Waals surface area contributed by atoms with Crippen LogP contribution in [-0.4, -0.2) is 18.3 Å². The van der Waals surface area contributed by atoms with E-state index in [-0.39, 0.29) is 0 Å². The lowest BCUT2D eigenvalue weighted by atomic mass is 10.3. The summed E-state index contributed by atoms with van der Waals surface area (Å²) < 4.78 is 5.81. The molecule has 2 rings (SSSR count). The summed E-state index contributed by atoms with van der Waals surface area (Å²) in [4.78, 5) is 5.65. The third-order valence-electron chi connectivity index (χ3n) is 2.37. The van der Waals surface area contributed by atoms with Crippen molar-refractivity contribution in [2.45, 2.75) is 18.0 Å². The average molecular weight is 280 g/mol. The lowest BCUT2D eigenvalue weighted by Crippen LogP contribution is -2.05. The highest BCUT2D eigenvalue weighted by Gasteiger charge is 2.05. The van der Waals surface area contributed by atoms with Crippen molar-refractivity contribution in [3.8, 4) is 5.75 Å². The number of hydrogen-bond donors (Lipinski definition) is 1. The number of benzene rings is 1. The Balaban J connectivity index is 1.97. The Labute approximate surface area is 116 Å². The minimum atomic E-state index is 0.526. The molecule has 1 N–H and O–H groups in total. The molecule has 0 aliphatic heterocycles. The Morgan fingerprint density at radius 2 is 2.22 bits per heavy atom. The molecule has 0 amide bonds. The van der Waals surface area contributed by atoms with Crippen molar-refractivity contribution >= 4 is 23.1 Å². The lowest BCUT2D eigenvalue weighted by Gasteiger charge is -2.08. The number of ether oxygens (including phenoxy) is 1. The van der Waals surface area contributed by atoms with Gasteiger partial charge in [-0.3, -0.25) is 0 Å². The van der Waals surface area contributed by atoms with Crippen LogP contribution in [0.25, 0.3) is 0 Å². The number of thiazole rings is 1. The maximum atomic E-state index is 5.81. The first-order valence-electron chi connectivity index (χ1n) is 5.67. The van der Waals surface area contributed by atoms with E-state index in [1.165, 1.54) is 0 Å². The van der Waals surface area contributed by atoms with Gasteiger partial charge in [0.25, 0.3) is 0 Å². The maximum absolute atomic E-state index is 5.81. The van der Waals surface area contributed by atoms with Gasteiger partial charge in [0.15, 0.2) is 0 Å². The second-order valence-electron chi connectivity index (χ2n) is 3.70. The molecule has 0 fully saturated rings. The van der Waals surface area contributed by atoms with Crippen LogP contribution >= 0.6 is 23.1 Å². The Hall–Kier alpha value is -1.04. The number of hydrogen-bond acceptors (Lipinski definition) is 5. The molecule has 1 aromatic heterocycles. The molecule has 0 spiro atoms. The molecule has 5 heteroatoms. The Morgan fingerprint density at radius 1 is 1.39 bits per heavy atom. The smallest absolute Gasteiger partial charge is 0.133 e. The number of nitrogens with zero attached hydrogens (tertiary/aromatic N) is 1. The summed E-state index contributed by atoms with van der Waals surface area (Å²) in [5, 5.41) is 6.24. The second-order valence-corrected chi connectivity index (χ2v) is 5.49. The molecule has 96 valence electrons. The third kappa shape index (κ3) is 3.48. The van der Waals surface area contributed by atoms with Crippen molar-refractivity contribution < 1.29 is 4.74 Å². The molecule has 0 aliphatic rings. The zero-order chi connectivity index (χ0) is 12.8. The van der Waals surface area contributed by atoms with Crippen molar-refractivity contribution in [2.24, 2.45) is 0 Å². The molecule has 0 radical (unpaired) electrons. The van der Waals surface area contributed by atoms with E-state index in [1.807, 2.05) is 30.6 Å². The highest BCUT2D eigenvalue weighted by Crippen LogP contribution is 2.27. The summed E-state index contributed by atoms with van der Waals surface area (Å²) in [5.74, 6) is 0.924. The standard InChI is InChI=1S/C13H16N2OS2/c1-14-7-13-15-10(9-18-13)8-16-11-5-3-4-6-12(11)17-2/h3-6,9,14H,7-8H2,1-2H3. The van der Waals surface area contributed by atoms with E-state index in [0.717, 1.165) is 27.9 Å². The molecular formula is C13H16N2OS2. The molecule has 0 saturated heterocycles. The van der Waals surface area contributed by atoms with E-state index in [2.05, 4.69) is 22.6 Å². The van der Waals surface area contributed by atoms with Crippen LogP contribution in [0.5, 0.6) is 5.75 Å². The highest BCUT2D eigenvalue weighted by molar-refractivity contribution is 7.98. The first-order chi connectivity index (χ1) is 8.83. The van der Waals surface area contributed by atoms with Gasteiger partial charge in [0, 0.05) is 16.8 Å². The summed E-state index contributed by atoms with van der Waals surface area (Å²) >= 11 is 3.35. The lowest BCUT2D eigenvalue weighted by molar-refractivity contribution is 0.294. The van der Waals surface area contributed by atoms with Crippen LogP contribution in [0.3, 0.4) is 0 Å². The molecule has 0 bridgehead atoms. The van der Waals surface area contributed by atoms with E-state index in [4.69, 9.17) is 4.74 Å². The van der Waals surface area contributed by atoms with Crippen LogP contribution in [0, 0.1) is 0 Å². The van der Waals surface area contributed by atoms with E-state index < -0.39 is 0 Å². The maximum Gasteiger partial charge on any atom is 0.133 e. The number of thioether (sulfide) groups is 1. The van der Waals surface area contributed by atoms with Crippen molar-refractivity contribution in [3.63, 3.8) is 0 Å². The molecule has 0 saturated carbocycles. The number of aromatic nitrogens is 1. The van der Waals surface area contributed by atoms with Crippen molar-refractivity contribution in [3.05, 3.63) is 40.3 Å². The van der Waals surface area contributed by atoms with Gasteiger partial charge in [-0.25, -0.2) is 4.98 Å². The minimum Gasteiger partial charge on any atom is -0.486 e. The van der Waals surface area contributed by atoms with Gasteiger partial charge >= 0.3 is 0 Å². The van der Waals surface area contributed by atoms with Gasteiger partial charge < -0.3 is 10.1 Å². The van der Waals surface area contributed by atoms with E-state index >= 15 is 0 Å². The Bertz CT molecular complexity index is 499. The molecule has 0 atom stereocenters. The van der Waals surface area contributed by atoms with Crippen molar-refractivity contribution in [2.75, 3.05) is 13.3 Å². The first kappa shape index (κ1) is 13.4. The SMILES string of the molecule is CNCc1nc(COc2ccccc2SC)cs1. The normalized spacial score (nSPS) is 10.6. The van der Waals surface area contributed by atoms with Crippen LogP contribution in [0.4, 0.5) is 0 Å². The van der Waals surface area contributed by atoms with E-state index in [1.54, 1.807) is 23.1 Å². The van der Waals surface area contributed by atoms with Crippen molar-refractivity contribution in [1.29, 1.82) is 0 Å². The average Bonchev–Trinajstić information content (AvgIpc) is 2.85. The summed E-state index contributed by atoms with van der Waals surface area (Å²) in [6.07, 6.45) is 2.05. The summed E-state index contributed by atoms with van der Waals surface area (Å²) in [6, 6.07) is 8.06. The predicted octanol–water partition coefficient (Wildman–Crippen LogP) is 3.16. The molecule has 18 heavy (non-hydrogen) atoms. The molecule has 0 unspecified atom stereocenters. The molecule has 0 aliphatic carbocycles. The Kier molecular flexibility index (Phi) is 5.04. The molecule has 3 nitrogen and oxygen atoms in total. The Morgan fingerprint density at radius 3 is 3.00 bits per heavy atom. The zero-order valence-corrected chi connectivity index (χ0v) is 12.1. The van der Waals surface area contributed by atoms with Gasteiger partial charge in [-0.2, -0.15) is 0 Å². The fraction of sp³-hybridized carbons (Fsp3) is 0.308. The van der Waals surface area contributed by atoms with Gasteiger partial charge in [-0.1, -0.05) is 12.1 Å². The van der Waals surface area contributed by atoms with Gasteiger partial charge in [-0.15, -0.1) is 23.1 Å².